The van der Waals surface area contributed by atoms with Crippen LogP contribution in [0.4, 0.5) is 0 Å². The SMILES string of the molecule is COc1ccc(Cn2cccc(C(=O)N/N=C\c3cc(Cl)c(O)c(OC)c3)c2=O)cc1. The predicted molar refractivity (Wildman–Crippen MR) is 118 cm³/mol. The number of phenols is 1. The summed E-state index contributed by atoms with van der Waals surface area (Å²) in [5.41, 5.74) is 3.21. The molecular weight excluding hydrogens is 422 g/mol. The minimum Gasteiger partial charge on any atom is -0.503 e. The van der Waals surface area contributed by atoms with E-state index in [1.165, 1.54) is 36.1 Å². The van der Waals surface area contributed by atoms with E-state index in [-0.39, 0.29) is 22.1 Å². The van der Waals surface area contributed by atoms with Crippen molar-refractivity contribution in [2.75, 3.05) is 14.2 Å². The number of amides is 1. The van der Waals surface area contributed by atoms with Crippen LogP contribution in [0.25, 0.3) is 0 Å². The Bertz CT molecular complexity index is 1170. The van der Waals surface area contributed by atoms with Gasteiger partial charge in [0.1, 0.15) is 11.3 Å². The molecule has 0 aliphatic heterocycles. The van der Waals surface area contributed by atoms with E-state index in [0.717, 1.165) is 11.3 Å². The molecule has 160 valence electrons. The number of halogens is 1. The Kier molecular flexibility index (Phi) is 6.94. The molecule has 1 aromatic heterocycles. The number of hydrazone groups is 1. The van der Waals surface area contributed by atoms with Crippen molar-refractivity contribution in [3.05, 3.63) is 86.8 Å². The van der Waals surface area contributed by atoms with Crippen LogP contribution in [0.15, 0.2) is 64.6 Å². The molecule has 2 N–H and O–H groups in total. The minimum absolute atomic E-state index is 0.0468. The molecular formula is C22H20ClN3O5. The Morgan fingerprint density at radius 3 is 2.61 bits per heavy atom. The average Bonchev–Trinajstić information content (AvgIpc) is 2.77. The van der Waals surface area contributed by atoms with Gasteiger partial charge < -0.3 is 19.1 Å². The lowest BCUT2D eigenvalue weighted by Gasteiger charge is -2.08. The maximum Gasteiger partial charge on any atom is 0.276 e. The molecule has 0 aliphatic rings. The first-order chi connectivity index (χ1) is 14.9. The van der Waals surface area contributed by atoms with E-state index in [0.29, 0.717) is 12.1 Å². The number of pyridine rings is 1. The van der Waals surface area contributed by atoms with Gasteiger partial charge in [-0.25, -0.2) is 5.43 Å². The minimum atomic E-state index is -0.651. The van der Waals surface area contributed by atoms with Crippen LogP contribution in [0, 0.1) is 0 Å². The van der Waals surface area contributed by atoms with Crippen LogP contribution in [0.5, 0.6) is 17.2 Å². The number of benzene rings is 2. The van der Waals surface area contributed by atoms with E-state index < -0.39 is 11.5 Å². The van der Waals surface area contributed by atoms with Crippen LogP contribution in [-0.4, -0.2) is 36.0 Å². The monoisotopic (exact) mass is 441 g/mol. The van der Waals surface area contributed by atoms with Gasteiger partial charge in [0.2, 0.25) is 0 Å². The lowest BCUT2D eigenvalue weighted by molar-refractivity contribution is 0.0953. The topological polar surface area (TPSA) is 102 Å². The Morgan fingerprint density at radius 2 is 1.94 bits per heavy atom. The zero-order valence-corrected chi connectivity index (χ0v) is 17.6. The summed E-state index contributed by atoms with van der Waals surface area (Å²) in [6.45, 7) is 0.305. The summed E-state index contributed by atoms with van der Waals surface area (Å²) in [5.74, 6) is 0.0496. The number of aromatic hydroxyl groups is 1. The molecule has 0 fully saturated rings. The second-order valence-electron chi connectivity index (χ2n) is 6.46. The molecule has 1 heterocycles. The third-order valence-corrected chi connectivity index (χ3v) is 4.72. The lowest BCUT2D eigenvalue weighted by atomic mass is 10.2. The quantitative estimate of drug-likeness (QED) is 0.433. The number of ether oxygens (including phenoxy) is 2. The number of rotatable bonds is 7. The Labute approximate surface area is 183 Å². The van der Waals surface area contributed by atoms with Gasteiger partial charge in [0.25, 0.3) is 11.5 Å². The van der Waals surface area contributed by atoms with E-state index in [2.05, 4.69) is 10.5 Å². The van der Waals surface area contributed by atoms with Gasteiger partial charge in [0, 0.05) is 6.20 Å². The van der Waals surface area contributed by atoms with Crippen molar-refractivity contribution in [3.8, 4) is 17.2 Å². The molecule has 2 aromatic carbocycles. The number of hydrogen-bond acceptors (Lipinski definition) is 6. The van der Waals surface area contributed by atoms with Gasteiger partial charge in [-0.1, -0.05) is 23.7 Å². The van der Waals surface area contributed by atoms with Crippen LogP contribution < -0.4 is 20.5 Å². The fourth-order valence-corrected chi connectivity index (χ4v) is 3.03. The zero-order chi connectivity index (χ0) is 22.4. The average molecular weight is 442 g/mol. The molecule has 3 rings (SSSR count). The van der Waals surface area contributed by atoms with Crippen molar-refractivity contribution in [1.82, 2.24) is 9.99 Å². The van der Waals surface area contributed by atoms with Gasteiger partial charge >= 0.3 is 0 Å². The first-order valence-corrected chi connectivity index (χ1v) is 9.53. The fraction of sp³-hybridized carbons (Fsp3) is 0.136. The van der Waals surface area contributed by atoms with Gasteiger partial charge in [-0.05, 0) is 47.5 Å². The van der Waals surface area contributed by atoms with E-state index in [1.54, 1.807) is 31.5 Å². The summed E-state index contributed by atoms with van der Waals surface area (Å²) in [6, 6.07) is 13.3. The third kappa shape index (κ3) is 5.23. The largest absolute Gasteiger partial charge is 0.503 e. The number of nitrogens with one attached hydrogen (secondary N) is 1. The van der Waals surface area contributed by atoms with Crippen LogP contribution in [-0.2, 0) is 6.54 Å². The van der Waals surface area contributed by atoms with Crippen LogP contribution in [0.1, 0.15) is 21.5 Å². The number of nitrogens with zero attached hydrogens (tertiary/aromatic N) is 2. The van der Waals surface area contributed by atoms with Crippen molar-refractivity contribution in [3.63, 3.8) is 0 Å². The van der Waals surface area contributed by atoms with E-state index in [4.69, 9.17) is 21.1 Å². The molecule has 0 bridgehead atoms. The van der Waals surface area contributed by atoms with Gasteiger partial charge in [-0.15, -0.1) is 0 Å². The van der Waals surface area contributed by atoms with Crippen molar-refractivity contribution in [2.24, 2.45) is 5.10 Å². The van der Waals surface area contributed by atoms with Gasteiger partial charge in [0.15, 0.2) is 11.5 Å². The highest BCUT2D eigenvalue weighted by molar-refractivity contribution is 6.32. The molecule has 0 saturated carbocycles. The van der Waals surface area contributed by atoms with Crippen molar-refractivity contribution in [2.45, 2.75) is 6.54 Å². The smallest absolute Gasteiger partial charge is 0.276 e. The first kappa shape index (κ1) is 21.9. The Hall–Kier alpha value is -3.78. The molecule has 0 spiro atoms. The summed E-state index contributed by atoms with van der Waals surface area (Å²) < 4.78 is 11.6. The van der Waals surface area contributed by atoms with Crippen LogP contribution in [0.2, 0.25) is 5.02 Å². The highest BCUT2D eigenvalue weighted by Gasteiger charge is 2.12. The van der Waals surface area contributed by atoms with Gasteiger partial charge in [0.05, 0.1) is 32.0 Å². The third-order valence-electron chi connectivity index (χ3n) is 4.43. The fourth-order valence-electron chi connectivity index (χ4n) is 2.81. The number of methoxy groups -OCH3 is 2. The molecule has 0 unspecified atom stereocenters. The summed E-state index contributed by atoms with van der Waals surface area (Å²) in [6.07, 6.45) is 2.93. The van der Waals surface area contributed by atoms with Gasteiger partial charge in [-0.3, -0.25) is 9.59 Å². The van der Waals surface area contributed by atoms with Crippen LogP contribution in [0.3, 0.4) is 0 Å². The number of hydrogen-bond donors (Lipinski definition) is 2. The predicted octanol–water partition coefficient (Wildman–Crippen LogP) is 3.04. The normalized spacial score (nSPS) is 10.8. The number of carbonyl (C=O) groups is 1. The molecule has 31 heavy (non-hydrogen) atoms. The molecule has 0 aliphatic carbocycles. The second kappa shape index (κ2) is 9.82. The zero-order valence-electron chi connectivity index (χ0n) is 16.8. The molecule has 0 radical (unpaired) electrons. The summed E-state index contributed by atoms with van der Waals surface area (Å²) in [4.78, 5) is 25.1. The number of aromatic nitrogens is 1. The maximum absolute atomic E-state index is 12.7. The highest BCUT2D eigenvalue weighted by Crippen LogP contribution is 2.34. The first-order valence-electron chi connectivity index (χ1n) is 9.15. The Balaban J connectivity index is 1.73. The molecule has 1 amide bonds. The van der Waals surface area contributed by atoms with Gasteiger partial charge in [-0.2, -0.15) is 5.10 Å². The van der Waals surface area contributed by atoms with Crippen molar-refractivity contribution in [1.29, 1.82) is 0 Å². The van der Waals surface area contributed by atoms with E-state index in [9.17, 15) is 14.7 Å². The lowest BCUT2D eigenvalue weighted by Crippen LogP contribution is -2.30. The number of phenolic OH excluding ortho intramolecular Hbond substituents is 1. The summed E-state index contributed by atoms with van der Waals surface area (Å²) >= 11 is 5.93. The van der Waals surface area contributed by atoms with Crippen molar-refractivity contribution < 1.29 is 19.4 Å². The Morgan fingerprint density at radius 1 is 1.19 bits per heavy atom. The number of carbonyl (C=O) groups excluding carboxylic acids is 1. The van der Waals surface area contributed by atoms with Crippen molar-refractivity contribution >= 4 is 23.7 Å². The summed E-state index contributed by atoms with van der Waals surface area (Å²) in [7, 11) is 2.97. The maximum atomic E-state index is 12.7. The second-order valence-corrected chi connectivity index (χ2v) is 6.86. The molecule has 0 saturated heterocycles. The molecule has 0 atom stereocenters. The standard InChI is InChI=1S/C22H20ClN3O5/c1-30-16-7-5-14(6-8-16)13-26-9-3-4-17(22(26)29)21(28)25-24-12-15-10-18(23)20(27)19(11-15)31-2/h3-12,27H,13H2,1-2H3,(H,25,28)/b24-12-. The summed E-state index contributed by atoms with van der Waals surface area (Å²) in [5, 5.41) is 13.7. The highest BCUT2D eigenvalue weighted by atomic mass is 35.5. The van der Waals surface area contributed by atoms with E-state index >= 15 is 0 Å². The molecule has 9 heteroatoms. The van der Waals surface area contributed by atoms with Crippen LogP contribution >= 0.6 is 11.6 Å². The van der Waals surface area contributed by atoms with E-state index in [1.807, 2.05) is 12.1 Å². The molecule has 3 aromatic rings. The molecule has 8 nitrogen and oxygen atoms in total.